The molecular formula is C17H25N3O4S. The Morgan fingerprint density at radius 2 is 2.12 bits per heavy atom. The lowest BCUT2D eigenvalue weighted by molar-refractivity contribution is -0.142. The van der Waals surface area contributed by atoms with E-state index in [1.54, 1.807) is 11.3 Å². The highest BCUT2D eigenvalue weighted by Gasteiger charge is 2.37. The summed E-state index contributed by atoms with van der Waals surface area (Å²) in [5.41, 5.74) is 6.21. The molecule has 138 valence electrons. The van der Waals surface area contributed by atoms with Crippen molar-refractivity contribution in [1.82, 2.24) is 15.8 Å². The Kier molecular flexibility index (Phi) is 5.64. The van der Waals surface area contributed by atoms with Crippen LogP contribution in [-0.4, -0.2) is 61.7 Å². The molecule has 2 saturated heterocycles. The van der Waals surface area contributed by atoms with E-state index >= 15 is 0 Å². The molecule has 2 N–H and O–H groups in total. The van der Waals surface area contributed by atoms with Gasteiger partial charge in [0.2, 0.25) is 5.91 Å². The van der Waals surface area contributed by atoms with Crippen LogP contribution < -0.4 is 10.9 Å². The van der Waals surface area contributed by atoms with Crippen LogP contribution in [0.25, 0.3) is 0 Å². The highest BCUT2D eigenvalue weighted by Crippen LogP contribution is 2.30. The van der Waals surface area contributed by atoms with Crippen LogP contribution in [0.4, 0.5) is 0 Å². The maximum atomic E-state index is 12.8. The maximum absolute atomic E-state index is 12.8. The minimum Gasteiger partial charge on any atom is -0.368 e. The van der Waals surface area contributed by atoms with Gasteiger partial charge in [-0.1, -0.05) is 6.07 Å². The van der Waals surface area contributed by atoms with Crippen molar-refractivity contribution < 1.29 is 19.0 Å². The number of thiophene rings is 1. The second-order valence-corrected chi connectivity index (χ2v) is 7.82. The molecule has 1 aromatic heterocycles. The predicted octanol–water partition coefficient (Wildman–Crippen LogP) is 0.864. The number of fused-ring (bicyclic) bond motifs is 1. The summed E-state index contributed by atoms with van der Waals surface area (Å²) in [7, 11) is 0. The molecule has 3 fully saturated rings. The summed E-state index contributed by atoms with van der Waals surface area (Å²) in [5, 5.41) is 2.04. The molecule has 0 radical (unpaired) electrons. The normalized spacial score (nSPS) is 29.7. The topological polar surface area (TPSA) is 72.1 Å². The zero-order valence-corrected chi connectivity index (χ0v) is 15.0. The van der Waals surface area contributed by atoms with Gasteiger partial charge in [0.05, 0.1) is 30.9 Å². The number of rotatable bonds is 6. The molecule has 3 heterocycles. The largest absolute Gasteiger partial charge is 0.368 e. The molecule has 2 aliphatic heterocycles. The van der Waals surface area contributed by atoms with Crippen molar-refractivity contribution >= 4 is 17.2 Å². The smallest absolute Gasteiger partial charge is 0.249 e. The van der Waals surface area contributed by atoms with Crippen molar-refractivity contribution in [3.63, 3.8) is 0 Å². The molecule has 3 atom stereocenters. The van der Waals surface area contributed by atoms with Gasteiger partial charge in [-0.25, -0.2) is 0 Å². The van der Waals surface area contributed by atoms with Gasteiger partial charge in [0.15, 0.2) is 0 Å². The van der Waals surface area contributed by atoms with Crippen molar-refractivity contribution in [3.8, 4) is 0 Å². The van der Waals surface area contributed by atoms with Gasteiger partial charge in [0, 0.05) is 24.4 Å². The zero-order valence-electron chi connectivity index (χ0n) is 14.2. The number of hydrogen-bond donors (Lipinski definition) is 2. The molecule has 0 aromatic carbocycles. The van der Waals surface area contributed by atoms with Gasteiger partial charge in [0.25, 0.3) is 0 Å². The first kappa shape index (κ1) is 17.4. The van der Waals surface area contributed by atoms with E-state index in [1.165, 1.54) is 4.88 Å². The number of carbonyl (C=O) groups excluding carboxylic acids is 1. The number of amides is 1. The number of nitrogens with zero attached hydrogens (tertiary/aromatic N) is 1. The molecular weight excluding hydrogens is 342 g/mol. The molecule has 8 heteroatoms. The van der Waals surface area contributed by atoms with Crippen molar-refractivity contribution in [2.75, 3.05) is 26.5 Å². The molecule has 1 aromatic rings. The molecule has 1 aliphatic carbocycles. The second kappa shape index (κ2) is 8.11. The van der Waals surface area contributed by atoms with E-state index in [-0.39, 0.29) is 36.9 Å². The van der Waals surface area contributed by atoms with Gasteiger partial charge in [0.1, 0.15) is 13.4 Å². The van der Waals surface area contributed by atoms with Crippen LogP contribution in [0.3, 0.4) is 0 Å². The average molecular weight is 367 g/mol. The quantitative estimate of drug-likeness (QED) is 0.777. The van der Waals surface area contributed by atoms with Gasteiger partial charge in [-0.3, -0.25) is 15.6 Å². The molecule has 1 saturated carbocycles. The summed E-state index contributed by atoms with van der Waals surface area (Å²) in [4.78, 5) is 15.9. The second-order valence-electron chi connectivity index (χ2n) is 6.79. The predicted molar refractivity (Wildman–Crippen MR) is 92.9 cm³/mol. The van der Waals surface area contributed by atoms with E-state index < -0.39 is 0 Å². The van der Waals surface area contributed by atoms with Crippen LogP contribution in [0, 0.1) is 0 Å². The highest BCUT2D eigenvalue weighted by molar-refractivity contribution is 7.09. The van der Waals surface area contributed by atoms with Crippen molar-refractivity contribution in [3.05, 3.63) is 22.4 Å². The summed E-state index contributed by atoms with van der Waals surface area (Å²) in [6.07, 6.45) is 3.10. The summed E-state index contributed by atoms with van der Waals surface area (Å²) < 4.78 is 17.1. The minimum absolute atomic E-state index is 0.0506. The summed E-state index contributed by atoms with van der Waals surface area (Å²) >= 11 is 1.68. The lowest BCUT2D eigenvalue weighted by Crippen LogP contribution is -2.45. The summed E-state index contributed by atoms with van der Waals surface area (Å²) in [6, 6.07) is 4.24. The maximum Gasteiger partial charge on any atom is 0.249 e. The minimum atomic E-state index is 0.0506. The Labute approximate surface area is 151 Å². The van der Waals surface area contributed by atoms with Gasteiger partial charge in [-0.15, -0.1) is 11.3 Å². The fourth-order valence-electron chi connectivity index (χ4n) is 3.73. The fourth-order valence-corrected chi connectivity index (χ4v) is 4.43. The van der Waals surface area contributed by atoms with E-state index in [0.29, 0.717) is 13.3 Å². The number of nitrogens with one attached hydrogen (secondary N) is 2. The Morgan fingerprint density at radius 3 is 2.92 bits per heavy atom. The highest BCUT2D eigenvalue weighted by atomic mass is 32.1. The SMILES string of the molecule is O=C(COC1CCC2OCOC2C1)N(Cc1cccs1)C1CNNC1. The molecule has 1 amide bonds. The number of carbonyl (C=O) groups is 1. The lowest BCUT2D eigenvalue weighted by atomic mass is 9.92. The third kappa shape index (κ3) is 4.21. The van der Waals surface area contributed by atoms with Gasteiger partial charge in [-0.2, -0.15) is 0 Å². The van der Waals surface area contributed by atoms with E-state index in [0.717, 1.165) is 32.4 Å². The van der Waals surface area contributed by atoms with E-state index in [1.807, 2.05) is 16.3 Å². The Morgan fingerprint density at radius 1 is 1.28 bits per heavy atom. The first-order chi connectivity index (χ1) is 12.3. The van der Waals surface area contributed by atoms with E-state index in [2.05, 4.69) is 16.9 Å². The van der Waals surface area contributed by atoms with Crippen LogP contribution in [0.1, 0.15) is 24.1 Å². The van der Waals surface area contributed by atoms with Gasteiger partial charge in [-0.05, 0) is 24.3 Å². The summed E-state index contributed by atoms with van der Waals surface area (Å²) in [6.45, 7) is 2.67. The molecule has 7 nitrogen and oxygen atoms in total. The van der Waals surface area contributed by atoms with Crippen LogP contribution >= 0.6 is 11.3 Å². The number of ether oxygens (including phenoxy) is 3. The van der Waals surface area contributed by atoms with E-state index in [9.17, 15) is 4.79 Å². The first-order valence-corrected chi connectivity index (χ1v) is 9.80. The molecule has 0 spiro atoms. The third-order valence-corrected chi connectivity index (χ3v) is 6.02. The average Bonchev–Trinajstić information content (AvgIpc) is 3.39. The molecule has 3 aliphatic rings. The van der Waals surface area contributed by atoms with Crippen molar-refractivity contribution in [2.24, 2.45) is 0 Å². The lowest BCUT2D eigenvalue weighted by Gasteiger charge is -2.31. The monoisotopic (exact) mass is 367 g/mol. The Hall–Kier alpha value is -1.03. The molecule has 25 heavy (non-hydrogen) atoms. The fraction of sp³-hybridized carbons (Fsp3) is 0.706. The first-order valence-electron chi connectivity index (χ1n) is 8.92. The molecule has 4 rings (SSSR count). The molecule has 3 unspecified atom stereocenters. The van der Waals surface area contributed by atoms with Crippen LogP contribution in [0.15, 0.2) is 17.5 Å². The van der Waals surface area contributed by atoms with Crippen LogP contribution in [-0.2, 0) is 25.5 Å². The Balaban J connectivity index is 1.32. The summed E-state index contributed by atoms with van der Waals surface area (Å²) in [5.74, 6) is 0.0506. The van der Waals surface area contributed by atoms with Gasteiger partial charge < -0.3 is 19.1 Å². The van der Waals surface area contributed by atoms with E-state index in [4.69, 9.17) is 14.2 Å². The molecule has 0 bridgehead atoms. The van der Waals surface area contributed by atoms with Crippen molar-refractivity contribution in [1.29, 1.82) is 0 Å². The van der Waals surface area contributed by atoms with Crippen LogP contribution in [0.2, 0.25) is 0 Å². The number of hydrogen-bond acceptors (Lipinski definition) is 7. The number of hydrazine groups is 1. The van der Waals surface area contributed by atoms with Crippen LogP contribution in [0.5, 0.6) is 0 Å². The standard InChI is InChI=1S/C17H25N3O4S/c21-17(10-22-13-3-4-15-16(6-13)24-11-23-15)20(12-7-18-19-8-12)9-14-2-1-5-25-14/h1-2,5,12-13,15-16,18-19H,3-4,6-11H2. The Bertz CT molecular complexity index is 564. The van der Waals surface area contributed by atoms with Crippen molar-refractivity contribution in [2.45, 2.75) is 50.2 Å². The third-order valence-electron chi connectivity index (χ3n) is 5.16. The van der Waals surface area contributed by atoms with Gasteiger partial charge >= 0.3 is 0 Å². The zero-order chi connectivity index (χ0) is 17.1.